The molecule has 26 heavy (non-hydrogen) atoms. The second-order valence-corrected chi connectivity index (χ2v) is 6.74. The fourth-order valence-electron chi connectivity index (χ4n) is 2.85. The van der Waals surface area contributed by atoms with E-state index in [-0.39, 0.29) is 29.8 Å². The highest BCUT2D eigenvalue weighted by atomic mass is 127. The molecule has 0 unspecified atom stereocenters. The van der Waals surface area contributed by atoms with E-state index in [0.717, 1.165) is 54.4 Å². The number of aliphatic imine (C=N–C) groups is 1. The quantitative estimate of drug-likeness (QED) is 0.369. The molecule has 0 radical (unpaired) electrons. The van der Waals surface area contributed by atoms with Crippen molar-refractivity contribution < 1.29 is 8.91 Å². The molecule has 0 bridgehead atoms. The fraction of sp³-hybridized carbons (Fsp3) is 0.412. The van der Waals surface area contributed by atoms with Crippen LogP contribution >= 0.6 is 39.9 Å². The van der Waals surface area contributed by atoms with Crippen molar-refractivity contribution in [3.63, 3.8) is 0 Å². The minimum atomic E-state index is -0.239. The average Bonchev–Trinajstić information content (AvgIpc) is 3.12. The highest BCUT2D eigenvalue weighted by Crippen LogP contribution is 2.17. The lowest BCUT2D eigenvalue weighted by molar-refractivity contribution is 0.169. The minimum Gasteiger partial charge on any atom is -0.364 e. The molecule has 1 saturated heterocycles. The van der Waals surface area contributed by atoms with E-state index in [0.29, 0.717) is 6.54 Å². The summed E-state index contributed by atoms with van der Waals surface area (Å²) < 4.78 is 19.2. The van der Waals surface area contributed by atoms with Gasteiger partial charge in [0, 0.05) is 56.9 Å². The first-order valence-corrected chi connectivity index (χ1v) is 8.96. The first-order valence-electron chi connectivity index (χ1n) is 8.17. The van der Waals surface area contributed by atoms with Gasteiger partial charge in [-0.1, -0.05) is 21.1 Å². The zero-order valence-electron chi connectivity index (χ0n) is 14.5. The summed E-state index contributed by atoms with van der Waals surface area (Å²) >= 11 is 3.45. The molecule has 0 saturated carbocycles. The molecule has 1 aromatic carbocycles. The normalized spacial score (nSPS) is 15.7. The molecule has 2 aromatic rings. The van der Waals surface area contributed by atoms with Crippen LogP contribution in [0.25, 0.3) is 0 Å². The molecule has 0 aliphatic carbocycles. The second kappa shape index (κ2) is 10.2. The van der Waals surface area contributed by atoms with Crippen molar-refractivity contribution in [2.75, 3.05) is 33.2 Å². The van der Waals surface area contributed by atoms with Crippen LogP contribution in [0.3, 0.4) is 0 Å². The number of guanidine groups is 1. The number of benzene rings is 1. The van der Waals surface area contributed by atoms with E-state index in [1.807, 2.05) is 6.07 Å². The molecule has 6 nitrogen and oxygen atoms in total. The maximum Gasteiger partial charge on any atom is 0.194 e. The number of rotatable bonds is 4. The van der Waals surface area contributed by atoms with Gasteiger partial charge in [-0.05, 0) is 23.8 Å². The van der Waals surface area contributed by atoms with Gasteiger partial charge in [0.15, 0.2) is 5.96 Å². The van der Waals surface area contributed by atoms with Crippen molar-refractivity contribution in [2.45, 2.75) is 13.1 Å². The van der Waals surface area contributed by atoms with Gasteiger partial charge >= 0.3 is 0 Å². The van der Waals surface area contributed by atoms with Crippen molar-refractivity contribution in [3.05, 3.63) is 52.1 Å². The molecule has 3 rings (SSSR count). The summed E-state index contributed by atoms with van der Waals surface area (Å²) in [5.41, 5.74) is 1.82. The third kappa shape index (κ3) is 5.65. The van der Waals surface area contributed by atoms with Gasteiger partial charge in [-0.15, -0.1) is 24.0 Å². The van der Waals surface area contributed by atoms with Crippen molar-refractivity contribution in [2.24, 2.45) is 4.99 Å². The first-order chi connectivity index (χ1) is 12.2. The lowest BCUT2D eigenvalue weighted by Crippen LogP contribution is -2.52. The fourth-order valence-corrected chi connectivity index (χ4v) is 3.24. The molecule has 0 amide bonds. The Balaban J connectivity index is 0.00000243. The highest BCUT2D eigenvalue weighted by Gasteiger charge is 2.20. The second-order valence-electron chi connectivity index (χ2n) is 5.89. The van der Waals surface area contributed by atoms with Crippen molar-refractivity contribution in [1.29, 1.82) is 0 Å². The molecule has 1 aromatic heterocycles. The van der Waals surface area contributed by atoms with Gasteiger partial charge in [-0.2, -0.15) is 0 Å². The molecule has 142 valence electrons. The van der Waals surface area contributed by atoms with Crippen LogP contribution in [-0.4, -0.2) is 54.1 Å². The summed E-state index contributed by atoms with van der Waals surface area (Å²) in [5.74, 6) is 0.591. The smallest absolute Gasteiger partial charge is 0.194 e. The number of nitrogens with zero attached hydrogens (tertiary/aromatic N) is 4. The van der Waals surface area contributed by atoms with Crippen LogP contribution in [-0.2, 0) is 13.1 Å². The van der Waals surface area contributed by atoms with Crippen molar-refractivity contribution in [1.82, 2.24) is 20.3 Å². The molecule has 1 aliphatic heterocycles. The molecule has 1 aliphatic rings. The van der Waals surface area contributed by atoms with E-state index in [4.69, 9.17) is 4.52 Å². The summed E-state index contributed by atoms with van der Waals surface area (Å²) in [7, 11) is 1.77. The van der Waals surface area contributed by atoms with E-state index in [1.54, 1.807) is 19.4 Å². The SMILES string of the molecule is CN=C(NCc1cc(F)ccc1Br)N1CCN(Cc2ccon2)CC1.I. The van der Waals surface area contributed by atoms with E-state index in [1.165, 1.54) is 12.1 Å². The number of hydrogen-bond donors (Lipinski definition) is 1. The zero-order chi connectivity index (χ0) is 17.6. The number of nitrogens with one attached hydrogen (secondary N) is 1. The Hall–Kier alpha value is -1.20. The lowest BCUT2D eigenvalue weighted by Gasteiger charge is -2.36. The lowest BCUT2D eigenvalue weighted by atomic mass is 10.2. The number of hydrogen-bond acceptors (Lipinski definition) is 4. The van der Waals surface area contributed by atoms with Gasteiger partial charge < -0.3 is 14.7 Å². The van der Waals surface area contributed by atoms with E-state index < -0.39 is 0 Å². The molecule has 1 N–H and O–H groups in total. The van der Waals surface area contributed by atoms with Crippen LogP contribution in [0.1, 0.15) is 11.3 Å². The standard InChI is InChI=1S/C17H21BrFN5O.HI/c1-20-17(21-11-13-10-14(19)2-3-16(13)18)24-7-5-23(6-8-24)12-15-4-9-25-22-15;/h2-4,9-10H,5-8,11-12H2,1H3,(H,20,21);1H. The Kier molecular flexibility index (Phi) is 8.29. The Labute approximate surface area is 178 Å². The highest BCUT2D eigenvalue weighted by molar-refractivity contribution is 14.0. The van der Waals surface area contributed by atoms with Gasteiger partial charge in [0.1, 0.15) is 12.1 Å². The van der Waals surface area contributed by atoms with Gasteiger partial charge in [-0.25, -0.2) is 4.39 Å². The predicted octanol–water partition coefficient (Wildman–Crippen LogP) is 3.09. The van der Waals surface area contributed by atoms with E-state index in [2.05, 4.69) is 41.2 Å². The number of halogens is 3. The van der Waals surface area contributed by atoms with Gasteiger partial charge in [0.25, 0.3) is 0 Å². The molecule has 0 atom stereocenters. The van der Waals surface area contributed by atoms with Crippen molar-refractivity contribution >= 4 is 45.9 Å². The minimum absolute atomic E-state index is 0. The van der Waals surface area contributed by atoms with Crippen LogP contribution in [0, 0.1) is 5.82 Å². The maximum atomic E-state index is 13.4. The number of piperazine rings is 1. The summed E-state index contributed by atoms with van der Waals surface area (Å²) in [6.07, 6.45) is 1.60. The van der Waals surface area contributed by atoms with Crippen LogP contribution in [0.2, 0.25) is 0 Å². The van der Waals surface area contributed by atoms with E-state index >= 15 is 0 Å². The molecule has 9 heteroatoms. The van der Waals surface area contributed by atoms with Crippen LogP contribution in [0.5, 0.6) is 0 Å². The van der Waals surface area contributed by atoms with Crippen LogP contribution in [0.15, 0.2) is 44.5 Å². The Morgan fingerprint density at radius 3 is 2.73 bits per heavy atom. The number of aromatic nitrogens is 1. The monoisotopic (exact) mass is 537 g/mol. The molecular weight excluding hydrogens is 516 g/mol. The summed E-state index contributed by atoms with van der Waals surface area (Å²) in [5, 5.41) is 7.27. The van der Waals surface area contributed by atoms with Gasteiger partial charge in [0.05, 0.1) is 5.69 Å². The largest absolute Gasteiger partial charge is 0.364 e. The summed E-state index contributed by atoms with van der Waals surface area (Å²) in [6.45, 7) is 4.93. The average molecular weight is 538 g/mol. The van der Waals surface area contributed by atoms with E-state index in [9.17, 15) is 4.39 Å². The Bertz CT molecular complexity index is 720. The van der Waals surface area contributed by atoms with Crippen molar-refractivity contribution in [3.8, 4) is 0 Å². The summed E-state index contributed by atoms with van der Waals surface area (Å²) in [6, 6.07) is 6.58. The topological polar surface area (TPSA) is 56.9 Å². The van der Waals surface area contributed by atoms with Crippen LogP contribution in [0.4, 0.5) is 4.39 Å². The third-order valence-corrected chi connectivity index (χ3v) is 4.98. The third-order valence-electron chi connectivity index (χ3n) is 4.21. The Morgan fingerprint density at radius 1 is 1.31 bits per heavy atom. The first kappa shape index (κ1) is 21.1. The van der Waals surface area contributed by atoms with Gasteiger partial charge in [-0.3, -0.25) is 9.89 Å². The van der Waals surface area contributed by atoms with Gasteiger partial charge in [0.2, 0.25) is 0 Å². The maximum absolute atomic E-state index is 13.4. The molecular formula is C17H22BrFIN5O. The molecule has 0 spiro atoms. The predicted molar refractivity (Wildman–Crippen MR) is 113 cm³/mol. The zero-order valence-corrected chi connectivity index (χ0v) is 18.4. The molecule has 2 heterocycles. The Morgan fingerprint density at radius 2 is 2.08 bits per heavy atom. The summed E-state index contributed by atoms with van der Waals surface area (Å²) in [4.78, 5) is 8.91. The molecule has 1 fully saturated rings. The van der Waals surface area contributed by atoms with Crippen LogP contribution < -0.4 is 5.32 Å².